The summed E-state index contributed by atoms with van der Waals surface area (Å²) in [6.07, 6.45) is 0. The van der Waals surface area contributed by atoms with Crippen LogP contribution in [0.3, 0.4) is 0 Å². The molecule has 0 bridgehead atoms. The Morgan fingerprint density at radius 2 is 1.77 bits per heavy atom. The molecule has 0 aliphatic heterocycles. The van der Waals surface area contributed by atoms with Gasteiger partial charge in [-0.3, -0.25) is 4.57 Å². The first-order valence-electron chi connectivity index (χ1n) is 3.40. The first-order chi connectivity index (χ1) is 5.91. The van der Waals surface area contributed by atoms with Crippen LogP contribution < -0.4 is 0 Å². The van der Waals surface area contributed by atoms with Gasteiger partial charge < -0.3 is 9.79 Å². The quantitative estimate of drug-likeness (QED) is 0.577. The lowest BCUT2D eigenvalue weighted by molar-refractivity contribution is 0.371. The van der Waals surface area contributed by atoms with Crippen molar-refractivity contribution in [2.45, 2.75) is 4.99 Å². The van der Waals surface area contributed by atoms with Crippen LogP contribution in [0.15, 0.2) is 28.7 Å². The molecule has 1 aromatic carbocycles. The van der Waals surface area contributed by atoms with E-state index in [4.69, 9.17) is 9.79 Å². The molecule has 13 heavy (non-hydrogen) atoms. The molecule has 0 radical (unpaired) electrons. The number of benzene rings is 1. The van der Waals surface area contributed by atoms with E-state index in [0.717, 1.165) is 4.47 Å². The largest absolute Gasteiger partial charge is 0.342 e. The number of rotatable bonds is 2. The van der Waals surface area contributed by atoms with Gasteiger partial charge in [0, 0.05) is 4.47 Å². The van der Waals surface area contributed by atoms with Crippen LogP contribution in [0.5, 0.6) is 0 Å². The molecule has 0 aromatic heterocycles. The van der Waals surface area contributed by atoms with Crippen LogP contribution in [0.25, 0.3) is 0 Å². The van der Waals surface area contributed by atoms with E-state index in [2.05, 4.69) is 28.6 Å². The zero-order valence-corrected chi connectivity index (χ0v) is 9.84. The van der Waals surface area contributed by atoms with Crippen LogP contribution in [-0.2, 0) is 4.57 Å². The average Bonchev–Trinajstić information content (AvgIpc) is 2.03. The zero-order valence-electron chi connectivity index (χ0n) is 6.46. The Morgan fingerprint density at radius 3 is 2.15 bits per heavy atom. The van der Waals surface area contributed by atoms with Gasteiger partial charge in [-0.1, -0.05) is 28.1 Å². The smallest absolute Gasteiger partial charge is 0.323 e. The van der Waals surface area contributed by atoms with E-state index in [1.165, 1.54) is 0 Å². The molecule has 1 unspecified atom stereocenters. The molecule has 2 N–H and O–H groups in total. The van der Waals surface area contributed by atoms with E-state index >= 15 is 0 Å². The Hall–Kier alpha value is 0.200. The highest BCUT2D eigenvalue weighted by atomic mass is 79.9. The molecule has 0 aliphatic carbocycles. The summed E-state index contributed by atoms with van der Waals surface area (Å²) in [5.74, 6) is 0. The van der Waals surface area contributed by atoms with Gasteiger partial charge in [-0.15, -0.1) is 0 Å². The highest BCUT2D eigenvalue weighted by Gasteiger charge is 2.26. The summed E-state index contributed by atoms with van der Waals surface area (Å²) in [5.41, 5.74) is 0.514. The Kier molecular flexibility index (Phi) is 3.60. The van der Waals surface area contributed by atoms with E-state index < -0.39 is 12.6 Å². The molecular weight excluding hydrogens is 275 g/mol. The third-order valence-corrected chi connectivity index (χ3v) is 4.15. The van der Waals surface area contributed by atoms with Crippen molar-refractivity contribution in [1.29, 1.82) is 0 Å². The topological polar surface area (TPSA) is 57.5 Å². The summed E-state index contributed by atoms with van der Waals surface area (Å²) in [6.45, 7) is 0. The number of hydrogen-bond donors (Lipinski definition) is 3. The van der Waals surface area contributed by atoms with Crippen molar-refractivity contribution in [3.63, 3.8) is 0 Å². The van der Waals surface area contributed by atoms with Crippen molar-refractivity contribution in [2.75, 3.05) is 0 Å². The van der Waals surface area contributed by atoms with Crippen molar-refractivity contribution in [3.05, 3.63) is 34.3 Å². The van der Waals surface area contributed by atoms with Crippen molar-refractivity contribution in [2.24, 2.45) is 0 Å². The molecule has 1 atom stereocenters. The van der Waals surface area contributed by atoms with E-state index in [0.29, 0.717) is 5.56 Å². The molecule has 1 aromatic rings. The first kappa shape index (κ1) is 11.3. The van der Waals surface area contributed by atoms with Gasteiger partial charge >= 0.3 is 7.60 Å². The summed E-state index contributed by atoms with van der Waals surface area (Å²) in [7, 11) is -4.14. The van der Waals surface area contributed by atoms with Gasteiger partial charge in [-0.05, 0) is 17.7 Å². The molecule has 0 saturated heterocycles. The lowest BCUT2D eigenvalue weighted by Gasteiger charge is -2.12. The monoisotopic (exact) mass is 282 g/mol. The second kappa shape index (κ2) is 4.15. The van der Waals surface area contributed by atoms with Crippen molar-refractivity contribution < 1.29 is 14.4 Å². The highest BCUT2D eigenvalue weighted by molar-refractivity contribution is 9.10. The predicted octanol–water partition coefficient (Wildman–Crippen LogP) is 2.56. The second-order valence-electron chi connectivity index (χ2n) is 2.51. The van der Waals surface area contributed by atoms with Crippen LogP contribution in [0, 0.1) is 0 Å². The summed E-state index contributed by atoms with van der Waals surface area (Å²) >= 11 is 7.08. The number of hydrogen-bond acceptors (Lipinski definition) is 2. The van der Waals surface area contributed by atoms with Gasteiger partial charge in [-0.25, -0.2) is 0 Å². The van der Waals surface area contributed by atoms with Crippen LogP contribution in [-0.4, -0.2) is 9.79 Å². The fourth-order valence-corrected chi connectivity index (χ4v) is 1.83. The zero-order chi connectivity index (χ0) is 10.1. The van der Waals surface area contributed by atoms with Gasteiger partial charge in [0.2, 0.25) is 0 Å². The Morgan fingerprint density at radius 1 is 1.31 bits per heavy atom. The summed E-state index contributed by atoms with van der Waals surface area (Å²) in [6, 6.07) is 6.68. The lowest BCUT2D eigenvalue weighted by atomic mass is 10.2. The van der Waals surface area contributed by atoms with Gasteiger partial charge in [0.15, 0.2) is 0 Å². The minimum atomic E-state index is -4.14. The molecule has 0 spiro atoms. The van der Waals surface area contributed by atoms with Crippen molar-refractivity contribution >= 4 is 36.2 Å². The maximum absolute atomic E-state index is 10.8. The third-order valence-electron chi connectivity index (χ3n) is 1.49. The second-order valence-corrected chi connectivity index (χ2v) is 6.05. The lowest BCUT2D eigenvalue weighted by Crippen LogP contribution is -1.91. The van der Waals surface area contributed by atoms with Gasteiger partial charge in [0.1, 0.15) is 4.99 Å². The molecule has 72 valence electrons. The fraction of sp³-hybridized carbons (Fsp3) is 0.143. The Labute approximate surface area is 89.9 Å². The maximum Gasteiger partial charge on any atom is 0.342 e. The molecule has 0 saturated carbocycles. The van der Waals surface area contributed by atoms with Crippen molar-refractivity contribution in [3.8, 4) is 0 Å². The SMILES string of the molecule is O=P(O)(O)C(S)c1ccc(Br)cc1. The standard InChI is InChI=1S/C7H8BrO3PS/c8-6-3-1-5(2-4-6)7(13)12(9,10)11/h1-4,7,13H,(H2,9,10,11). The highest BCUT2D eigenvalue weighted by Crippen LogP contribution is 2.54. The van der Waals surface area contributed by atoms with E-state index in [1.54, 1.807) is 24.3 Å². The minimum Gasteiger partial charge on any atom is -0.323 e. The molecule has 0 fully saturated rings. The maximum atomic E-state index is 10.8. The number of thiol groups is 1. The van der Waals surface area contributed by atoms with Gasteiger partial charge in [-0.2, -0.15) is 12.6 Å². The van der Waals surface area contributed by atoms with E-state index in [9.17, 15) is 4.57 Å². The molecule has 3 nitrogen and oxygen atoms in total. The van der Waals surface area contributed by atoms with Gasteiger partial charge in [0.05, 0.1) is 0 Å². The first-order valence-corrected chi connectivity index (χ1v) is 6.39. The molecule has 0 heterocycles. The van der Waals surface area contributed by atoms with Crippen LogP contribution in [0.2, 0.25) is 0 Å². The van der Waals surface area contributed by atoms with E-state index in [1.807, 2.05) is 0 Å². The summed E-state index contributed by atoms with van der Waals surface area (Å²) in [4.78, 5) is 16.6. The van der Waals surface area contributed by atoms with Gasteiger partial charge in [0.25, 0.3) is 0 Å². The predicted molar refractivity (Wildman–Crippen MR) is 57.9 cm³/mol. The van der Waals surface area contributed by atoms with Crippen LogP contribution in [0.4, 0.5) is 0 Å². The Bertz CT molecular complexity index is 334. The molecular formula is C7H8BrO3PS. The van der Waals surface area contributed by atoms with E-state index in [-0.39, 0.29) is 0 Å². The Balaban J connectivity index is 2.97. The summed E-state index contributed by atoms with van der Waals surface area (Å²) in [5, 5.41) is 0. The molecule has 6 heteroatoms. The normalized spacial score (nSPS) is 14.2. The molecule has 0 aliphatic rings. The fourth-order valence-electron chi connectivity index (χ4n) is 0.829. The molecule has 1 rings (SSSR count). The van der Waals surface area contributed by atoms with Crippen LogP contribution in [0.1, 0.15) is 10.6 Å². The average molecular weight is 283 g/mol. The minimum absolute atomic E-state index is 0.514. The van der Waals surface area contributed by atoms with Crippen LogP contribution >= 0.6 is 36.2 Å². The number of halogens is 1. The molecule has 0 amide bonds. The third kappa shape index (κ3) is 3.11. The summed E-state index contributed by atoms with van der Waals surface area (Å²) < 4.78 is 11.7. The van der Waals surface area contributed by atoms with Crippen molar-refractivity contribution in [1.82, 2.24) is 0 Å².